The van der Waals surface area contributed by atoms with Gasteiger partial charge in [-0.15, -0.1) is 0 Å². The molecule has 5 N–H and O–H groups in total. The van der Waals surface area contributed by atoms with Gasteiger partial charge in [-0.05, 0) is 43.5 Å². The van der Waals surface area contributed by atoms with Crippen LogP contribution in [0.4, 0.5) is 11.4 Å². The molecular formula is C22H30N4O4S. The highest BCUT2D eigenvalue weighted by molar-refractivity contribution is 7.93. The first-order valence-electron chi connectivity index (χ1n) is 10.5. The molecule has 0 radical (unpaired) electrons. The van der Waals surface area contributed by atoms with E-state index in [1.54, 1.807) is 18.2 Å². The molecule has 0 unspecified atom stereocenters. The second-order valence-corrected chi connectivity index (χ2v) is 9.63. The topological polar surface area (TPSA) is 125 Å². The first kappa shape index (κ1) is 23.1. The molecule has 9 heteroatoms. The van der Waals surface area contributed by atoms with Crippen LogP contribution in [-0.4, -0.2) is 57.0 Å². The number of anilines is 2. The molecule has 2 aromatic rings. The van der Waals surface area contributed by atoms with Crippen LogP contribution in [0.25, 0.3) is 0 Å². The number of nitrogens with two attached hydrogens (primary N) is 1. The van der Waals surface area contributed by atoms with Crippen molar-refractivity contribution in [2.24, 2.45) is 5.73 Å². The highest BCUT2D eigenvalue weighted by atomic mass is 32.2. The standard InChI is InChI=1S/C22H30N4O4S/c1-2-24-18-12-17(13-19(14-18)26-9-6-10-31(26,29)30)22(28)25-20(21(27)15-23)11-16-7-4-3-5-8-16/h3-5,7-8,12-14,20-21,24,27H,2,6,9-11,15,23H2,1H3,(H,25,28)/t20-,21+/m0/s1. The van der Waals surface area contributed by atoms with Gasteiger partial charge in [-0.25, -0.2) is 8.42 Å². The Balaban J connectivity index is 1.87. The predicted octanol–water partition coefficient (Wildman–Crippen LogP) is 1.32. The quantitative estimate of drug-likeness (QED) is 0.460. The van der Waals surface area contributed by atoms with E-state index in [0.717, 1.165) is 5.56 Å². The van der Waals surface area contributed by atoms with Gasteiger partial charge in [0.05, 0.1) is 23.6 Å². The molecule has 0 saturated carbocycles. The van der Waals surface area contributed by atoms with Crippen LogP contribution in [0.5, 0.6) is 0 Å². The van der Waals surface area contributed by atoms with Crippen molar-refractivity contribution in [1.82, 2.24) is 5.32 Å². The third-order valence-electron chi connectivity index (χ3n) is 5.27. The second kappa shape index (κ2) is 10.1. The Labute approximate surface area is 183 Å². The van der Waals surface area contributed by atoms with Gasteiger partial charge >= 0.3 is 0 Å². The van der Waals surface area contributed by atoms with E-state index in [-0.39, 0.29) is 12.3 Å². The highest BCUT2D eigenvalue weighted by Gasteiger charge is 2.29. The zero-order valence-electron chi connectivity index (χ0n) is 17.6. The summed E-state index contributed by atoms with van der Waals surface area (Å²) in [6.45, 7) is 2.94. The van der Waals surface area contributed by atoms with E-state index in [9.17, 15) is 18.3 Å². The van der Waals surface area contributed by atoms with Gasteiger partial charge in [-0.3, -0.25) is 9.10 Å². The third-order valence-corrected chi connectivity index (χ3v) is 7.14. The van der Waals surface area contributed by atoms with Gasteiger partial charge in [0.25, 0.3) is 5.91 Å². The van der Waals surface area contributed by atoms with Crippen LogP contribution < -0.4 is 20.7 Å². The fourth-order valence-electron chi connectivity index (χ4n) is 3.69. The zero-order valence-corrected chi connectivity index (χ0v) is 18.4. The van der Waals surface area contributed by atoms with Gasteiger partial charge in [-0.2, -0.15) is 0 Å². The van der Waals surface area contributed by atoms with Crippen LogP contribution >= 0.6 is 0 Å². The molecule has 0 bridgehead atoms. The molecule has 0 spiro atoms. The average molecular weight is 447 g/mol. The van der Waals surface area contributed by atoms with Crippen LogP contribution in [-0.2, 0) is 16.4 Å². The largest absolute Gasteiger partial charge is 0.390 e. The lowest BCUT2D eigenvalue weighted by Gasteiger charge is -2.24. The molecule has 1 heterocycles. The maximum atomic E-state index is 13.1. The summed E-state index contributed by atoms with van der Waals surface area (Å²) < 4.78 is 26.1. The molecule has 0 aliphatic carbocycles. The highest BCUT2D eigenvalue weighted by Crippen LogP contribution is 2.28. The smallest absolute Gasteiger partial charge is 0.251 e. The number of rotatable bonds is 9. The summed E-state index contributed by atoms with van der Waals surface area (Å²) in [5, 5.41) is 16.4. The Morgan fingerprint density at radius 1 is 1.23 bits per heavy atom. The summed E-state index contributed by atoms with van der Waals surface area (Å²) in [6, 6.07) is 13.9. The molecule has 1 amide bonds. The van der Waals surface area contributed by atoms with Crippen LogP contribution in [0, 0.1) is 0 Å². The van der Waals surface area contributed by atoms with Crippen molar-refractivity contribution >= 4 is 27.3 Å². The Morgan fingerprint density at radius 3 is 2.58 bits per heavy atom. The number of hydrogen-bond acceptors (Lipinski definition) is 6. The van der Waals surface area contributed by atoms with Gasteiger partial charge in [0.15, 0.2) is 0 Å². The molecule has 2 aromatic carbocycles. The van der Waals surface area contributed by atoms with Gasteiger partial charge in [0.2, 0.25) is 10.0 Å². The van der Waals surface area contributed by atoms with E-state index in [2.05, 4.69) is 10.6 Å². The minimum atomic E-state index is -3.38. The molecule has 2 atom stereocenters. The van der Waals surface area contributed by atoms with Crippen molar-refractivity contribution < 1.29 is 18.3 Å². The molecule has 168 valence electrons. The number of nitrogens with zero attached hydrogens (tertiary/aromatic N) is 1. The van der Waals surface area contributed by atoms with E-state index < -0.39 is 28.1 Å². The third kappa shape index (κ3) is 5.75. The van der Waals surface area contributed by atoms with E-state index >= 15 is 0 Å². The predicted molar refractivity (Wildman–Crippen MR) is 123 cm³/mol. The van der Waals surface area contributed by atoms with Gasteiger partial charge in [-0.1, -0.05) is 30.3 Å². The minimum Gasteiger partial charge on any atom is -0.390 e. The number of aliphatic hydroxyl groups is 1. The number of aliphatic hydroxyl groups excluding tert-OH is 1. The number of sulfonamides is 1. The lowest BCUT2D eigenvalue weighted by atomic mass is 10.0. The Bertz CT molecular complexity index is 998. The summed E-state index contributed by atoms with van der Waals surface area (Å²) in [4.78, 5) is 13.1. The van der Waals surface area contributed by atoms with Crippen LogP contribution in [0.1, 0.15) is 29.3 Å². The van der Waals surface area contributed by atoms with Crippen molar-refractivity contribution in [1.29, 1.82) is 0 Å². The van der Waals surface area contributed by atoms with Gasteiger partial charge in [0, 0.05) is 30.9 Å². The summed E-state index contributed by atoms with van der Waals surface area (Å²) in [7, 11) is -3.38. The van der Waals surface area contributed by atoms with Gasteiger partial charge < -0.3 is 21.5 Å². The lowest BCUT2D eigenvalue weighted by Crippen LogP contribution is -2.47. The van der Waals surface area contributed by atoms with E-state index in [1.807, 2.05) is 37.3 Å². The van der Waals surface area contributed by atoms with E-state index in [0.29, 0.717) is 42.9 Å². The number of nitrogens with one attached hydrogen (secondary N) is 2. The molecule has 0 aromatic heterocycles. The van der Waals surface area contributed by atoms with Crippen molar-refractivity contribution in [3.05, 3.63) is 59.7 Å². The zero-order chi connectivity index (χ0) is 22.4. The van der Waals surface area contributed by atoms with E-state index in [1.165, 1.54) is 4.31 Å². The average Bonchev–Trinajstić information content (AvgIpc) is 3.12. The van der Waals surface area contributed by atoms with Crippen LogP contribution in [0.15, 0.2) is 48.5 Å². The number of hydrogen-bond donors (Lipinski definition) is 4. The SMILES string of the molecule is CCNc1cc(C(=O)N[C@@H](Cc2ccccc2)[C@H](O)CN)cc(N2CCCS2(=O)=O)c1. The number of benzene rings is 2. The maximum Gasteiger partial charge on any atom is 0.251 e. The normalized spacial score (nSPS) is 17.2. The summed E-state index contributed by atoms with van der Waals surface area (Å²) in [5.41, 5.74) is 8.05. The second-order valence-electron chi connectivity index (χ2n) is 7.61. The number of amides is 1. The van der Waals surface area contributed by atoms with Crippen molar-refractivity contribution in [2.75, 3.05) is 35.0 Å². The molecule has 3 rings (SSSR count). The minimum absolute atomic E-state index is 0.00643. The summed E-state index contributed by atoms with van der Waals surface area (Å²) in [5.74, 6) is -0.298. The molecular weight excluding hydrogens is 416 g/mol. The number of carbonyl (C=O) groups excluding carboxylic acids is 1. The monoisotopic (exact) mass is 446 g/mol. The number of carbonyl (C=O) groups is 1. The fraction of sp³-hybridized carbons (Fsp3) is 0.409. The van der Waals surface area contributed by atoms with Crippen LogP contribution in [0.3, 0.4) is 0 Å². The van der Waals surface area contributed by atoms with Crippen molar-refractivity contribution in [2.45, 2.75) is 31.9 Å². The molecule has 1 aliphatic rings. The molecule has 1 saturated heterocycles. The Hall–Kier alpha value is -2.62. The molecule has 1 aliphatic heterocycles. The van der Waals surface area contributed by atoms with Crippen LogP contribution in [0.2, 0.25) is 0 Å². The first-order valence-corrected chi connectivity index (χ1v) is 12.1. The first-order chi connectivity index (χ1) is 14.8. The lowest BCUT2D eigenvalue weighted by molar-refractivity contribution is 0.0846. The summed E-state index contributed by atoms with van der Waals surface area (Å²) in [6.07, 6.45) is 0.0575. The van der Waals surface area contributed by atoms with Crippen molar-refractivity contribution in [3.8, 4) is 0 Å². The van der Waals surface area contributed by atoms with Crippen molar-refractivity contribution in [3.63, 3.8) is 0 Å². The molecule has 31 heavy (non-hydrogen) atoms. The van der Waals surface area contributed by atoms with E-state index in [4.69, 9.17) is 5.73 Å². The Morgan fingerprint density at radius 2 is 1.97 bits per heavy atom. The fourth-order valence-corrected chi connectivity index (χ4v) is 5.24. The Kier molecular flexibility index (Phi) is 7.53. The summed E-state index contributed by atoms with van der Waals surface area (Å²) >= 11 is 0. The van der Waals surface area contributed by atoms with Gasteiger partial charge in [0.1, 0.15) is 0 Å². The molecule has 8 nitrogen and oxygen atoms in total. The molecule has 1 fully saturated rings. The maximum absolute atomic E-state index is 13.1.